The van der Waals surface area contributed by atoms with Gasteiger partial charge in [0.05, 0.1) is 21.3 Å². The number of amides is 1. The van der Waals surface area contributed by atoms with Gasteiger partial charge in [0.1, 0.15) is 0 Å². The normalized spacial score (nSPS) is 12.5. The molecule has 0 saturated carbocycles. The van der Waals surface area contributed by atoms with Crippen LogP contribution in [0.15, 0.2) is 47.4 Å². The Balaban J connectivity index is 2.34. The van der Waals surface area contributed by atoms with E-state index < -0.39 is 10.0 Å². The first-order valence-corrected chi connectivity index (χ1v) is 9.79. The lowest BCUT2D eigenvalue weighted by Crippen LogP contribution is -2.15. The standard InChI is InChI=1S/C18H21ClN2O3S/c1-4-12(2)15-7-5-6-8-17(15)21-25(23,24)14-9-10-18(16(19)11-14)20-13(3)22/h5-12,21H,4H2,1-3H3,(H,20,22). The zero-order valence-corrected chi connectivity index (χ0v) is 15.9. The van der Waals surface area contributed by atoms with Gasteiger partial charge in [0.15, 0.2) is 0 Å². The molecule has 0 radical (unpaired) electrons. The maximum absolute atomic E-state index is 12.7. The predicted octanol–water partition coefficient (Wildman–Crippen LogP) is 4.61. The Morgan fingerprint density at radius 2 is 1.84 bits per heavy atom. The molecule has 1 atom stereocenters. The van der Waals surface area contributed by atoms with Crippen LogP contribution in [0.5, 0.6) is 0 Å². The van der Waals surface area contributed by atoms with E-state index in [9.17, 15) is 13.2 Å². The van der Waals surface area contributed by atoms with E-state index in [-0.39, 0.29) is 21.7 Å². The molecule has 0 bridgehead atoms. The van der Waals surface area contributed by atoms with Gasteiger partial charge in [-0.1, -0.05) is 43.6 Å². The van der Waals surface area contributed by atoms with Gasteiger partial charge in [-0.3, -0.25) is 9.52 Å². The summed E-state index contributed by atoms with van der Waals surface area (Å²) < 4.78 is 28.0. The highest BCUT2D eigenvalue weighted by atomic mass is 35.5. The van der Waals surface area contributed by atoms with Gasteiger partial charge in [-0.05, 0) is 42.2 Å². The number of hydrogen-bond acceptors (Lipinski definition) is 3. The molecule has 2 rings (SSSR count). The topological polar surface area (TPSA) is 75.3 Å². The molecular formula is C18H21ClN2O3S. The summed E-state index contributed by atoms with van der Waals surface area (Å²) in [6.45, 7) is 5.46. The fourth-order valence-electron chi connectivity index (χ4n) is 2.40. The summed E-state index contributed by atoms with van der Waals surface area (Å²) in [4.78, 5) is 11.2. The first-order chi connectivity index (χ1) is 11.7. The van der Waals surface area contributed by atoms with Crippen molar-refractivity contribution >= 4 is 38.9 Å². The third-order valence-electron chi connectivity index (χ3n) is 3.91. The van der Waals surface area contributed by atoms with Crippen molar-refractivity contribution in [1.29, 1.82) is 0 Å². The molecule has 0 heterocycles. The number of halogens is 1. The Hall–Kier alpha value is -2.05. The second kappa shape index (κ2) is 7.89. The van der Waals surface area contributed by atoms with Gasteiger partial charge in [0.25, 0.3) is 10.0 Å². The van der Waals surface area contributed by atoms with Gasteiger partial charge in [-0.15, -0.1) is 0 Å². The number of anilines is 2. The molecule has 25 heavy (non-hydrogen) atoms. The van der Waals surface area contributed by atoms with E-state index in [1.54, 1.807) is 12.1 Å². The van der Waals surface area contributed by atoms with Crippen molar-refractivity contribution in [3.63, 3.8) is 0 Å². The maximum Gasteiger partial charge on any atom is 0.261 e. The summed E-state index contributed by atoms with van der Waals surface area (Å²) >= 11 is 6.08. The number of carbonyl (C=O) groups excluding carboxylic acids is 1. The van der Waals surface area contributed by atoms with E-state index in [1.165, 1.54) is 25.1 Å². The van der Waals surface area contributed by atoms with Gasteiger partial charge in [-0.2, -0.15) is 0 Å². The Bertz CT molecular complexity index is 882. The second-order valence-corrected chi connectivity index (χ2v) is 7.91. The van der Waals surface area contributed by atoms with E-state index in [0.717, 1.165) is 12.0 Å². The Labute approximate surface area is 153 Å². The summed E-state index contributed by atoms with van der Waals surface area (Å²) in [7, 11) is -3.79. The average Bonchev–Trinajstić information content (AvgIpc) is 2.55. The molecule has 1 amide bonds. The van der Waals surface area contributed by atoms with Gasteiger partial charge in [-0.25, -0.2) is 8.42 Å². The van der Waals surface area contributed by atoms with Crippen molar-refractivity contribution in [2.75, 3.05) is 10.0 Å². The number of rotatable bonds is 6. The molecule has 7 heteroatoms. The van der Waals surface area contributed by atoms with E-state index in [2.05, 4.69) is 17.0 Å². The van der Waals surface area contributed by atoms with E-state index >= 15 is 0 Å². The van der Waals surface area contributed by atoms with E-state index in [4.69, 9.17) is 11.6 Å². The average molecular weight is 381 g/mol. The van der Waals surface area contributed by atoms with Crippen molar-refractivity contribution in [3.05, 3.63) is 53.1 Å². The molecule has 0 aliphatic carbocycles. The van der Waals surface area contributed by atoms with Gasteiger partial charge in [0.2, 0.25) is 5.91 Å². The van der Waals surface area contributed by atoms with Gasteiger partial charge >= 0.3 is 0 Å². The molecule has 0 spiro atoms. The minimum atomic E-state index is -3.79. The van der Waals surface area contributed by atoms with Crippen LogP contribution in [0, 0.1) is 0 Å². The van der Waals surface area contributed by atoms with E-state index in [1.807, 2.05) is 19.1 Å². The summed E-state index contributed by atoms with van der Waals surface area (Å²) in [5.41, 5.74) is 1.86. The molecule has 0 fully saturated rings. The maximum atomic E-state index is 12.7. The molecule has 1 unspecified atom stereocenters. The lowest BCUT2D eigenvalue weighted by atomic mass is 9.97. The van der Waals surface area contributed by atoms with Crippen LogP contribution in [0.25, 0.3) is 0 Å². The number of sulfonamides is 1. The molecule has 134 valence electrons. The van der Waals surface area contributed by atoms with Crippen LogP contribution in [-0.4, -0.2) is 14.3 Å². The highest BCUT2D eigenvalue weighted by molar-refractivity contribution is 7.92. The monoisotopic (exact) mass is 380 g/mol. The summed E-state index contributed by atoms with van der Waals surface area (Å²) in [6.07, 6.45) is 0.899. The van der Waals surface area contributed by atoms with Gasteiger partial charge < -0.3 is 5.32 Å². The zero-order valence-electron chi connectivity index (χ0n) is 14.3. The number of para-hydroxylation sites is 1. The van der Waals surface area contributed by atoms with Crippen LogP contribution < -0.4 is 10.0 Å². The highest BCUT2D eigenvalue weighted by Crippen LogP contribution is 2.30. The summed E-state index contributed by atoms with van der Waals surface area (Å²) in [6, 6.07) is 11.5. The zero-order chi connectivity index (χ0) is 18.6. The van der Waals surface area contributed by atoms with E-state index in [0.29, 0.717) is 11.4 Å². The Morgan fingerprint density at radius 1 is 1.16 bits per heavy atom. The highest BCUT2D eigenvalue weighted by Gasteiger charge is 2.19. The Morgan fingerprint density at radius 3 is 2.44 bits per heavy atom. The lowest BCUT2D eigenvalue weighted by molar-refractivity contribution is -0.114. The molecule has 5 nitrogen and oxygen atoms in total. The number of hydrogen-bond donors (Lipinski definition) is 2. The van der Waals surface area contributed by atoms with Crippen LogP contribution in [0.2, 0.25) is 5.02 Å². The molecule has 0 aliphatic heterocycles. The third kappa shape index (κ3) is 4.74. The molecule has 2 N–H and O–H groups in total. The number of benzene rings is 2. The Kier molecular flexibility index (Phi) is 6.08. The minimum absolute atomic E-state index is 0.0329. The second-order valence-electron chi connectivity index (χ2n) is 5.82. The van der Waals surface area contributed by atoms with Crippen molar-refractivity contribution < 1.29 is 13.2 Å². The largest absolute Gasteiger partial charge is 0.325 e. The molecular weight excluding hydrogens is 360 g/mol. The van der Waals surface area contributed by atoms with Crippen molar-refractivity contribution in [2.45, 2.75) is 38.0 Å². The first kappa shape index (κ1) is 19.3. The minimum Gasteiger partial charge on any atom is -0.325 e. The van der Waals surface area contributed by atoms with Crippen LogP contribution >= 0.6 is 11.6 Å². The van der Waals surface area contributed by atoms with Crippen molar-refractivity contribution in [1.82, 2.24) is 0 Å². The molecule has 0 aliphatic rings. The molecule has 2 aromatic carbocycles. The quantitative estimate of drug-likeness (QED) is 0.768. The third-order valence-corrected chi connectivity index (χ3v) is 5.59. The molecule has 0 aromatic heterocycles. The smallest absolute Gasteiger partial charge is 0.261 e. The van der Waals surface area contributed by atoms with Crippen LogP contribution in [0.3, 0.4) is 0 Å². The lowest BCUT2D eigenvalue weighted by Gasteiger charge is -2.17. The summed E-state index contributed by atoms with van der Waals surface area (Å²) in [5, 5.41) is 2.71. The summed E-state index contributed by atoms with van der Waals surface area (Å²) in [5.74, 6) is -0.0530. The van der Waals surface area contributed by atoms with Gasteiger partial charge in [0, 0.05) is 6.92 Å². The fraction of sp³-hybridized carbons (Fsp3) is 0.278. The molecule has 0 saturated heterocycles. The predicted molar refractivity (Wildman–Crippen MR) is 102 cm³/mol. The van der Waals surface area contributed by atoms with Crippen LogP contribution in [0.1, 0.15) is 38.7 Å². The number of nitrogens with one attached hydrogen (secondary N) is 2. The fourth-order valence-corrected chi connectivity index (χ4v) is 3.80. The SMILES string of the molecule is CCC(C)c1ccccc1NS(=O)(=O)c1ccc(NC(C)=O)c(Cl)c1. The van der Waals surface area contributed by atoms with Crippen LogP contribution in [0.4, 0.5) is 11.4 Å². The molecule has 2 aromatic rings. The van der Waals surface area contributed by atoms with Crippen molar-refractivity contribution in [3.8, 4) is 0 Å². The first-order valence-electron chi connectivity index (χ1n) is 7.93. The van der Waals surface area contributed by atoms with Crippen LogP contribution in [-0.2, 0) is 14.8 Å². The van der Waals surface area contributed by atoms with Crippen molar-refractivity contribution in [2.24, 2.45) is 0 Å². The number of carbonyl (C=O) groups is 1.